The van der Waals surface area contributed by atoms with Crippen molar-refractivity contribution >= 4 is 22.8 Å². The van der Waals surface area contributed by atoms with Crippen LogP contribution in [0.5, 0.6) is 11.5 Å². The summed E-state index contributed by atoms with van der Waals surface area (Å²) in [4.78, 5) is 17.3. The number of fused-ring (bicyclic) bond motifs is 1. The summed E-state index contributed by atoms with van der Waals surface area (Å²) in [5.41, 5.74) is 2.08. The zero-order valence-corrected chi connectivity index (χ0v) is 17.9. The van der Waals surface area contributed by atoms with Crippen LogP contribution in [0, 0.1) is 0 Å². The van der Waals surface area contributed by atoms with Gasteiger partial charge >= 0.3 is 0 Å². The van der Waals surface area contributed by atoms with E-state index in [0.717, 1.165) is 16.6 Å². The number of anilines is 1. The highest BCUT2D eigenvalue weighted by atomic mass is 16.5. The van der Waals surface area contributed by atoms with Crippen molar-refractivity contribution in [3.05, 3.63) is 60.0 Å². The number of hydrogen-bond acceptors (Lipinski definition) is 6. The highest BCUT2D eigenvalue weighted by Gasteiger charge is 2.16. The van der Waals surface area contributed by atoms with E-state index in [4.69, 9.17) is 9.47 Å². The van der Waals surface area contributed by atoms with E-state index < -0.39 is 0 Å². The lowest BCUT2D eigenvalue weighted by atomic mass is 10.2. The van der Waals surface area contributed by atoms with Crippen molar-refractivity contribution in [3.63, 3.8) is 0 Å². The number of benzene rings is 1. The average molecular weight is 420 g/mol. The molecule has 3 heterocycles. The van der Waals surface area contributed by atoms with Crippen molar-refractivity contribution < 1.29 is 14.3 Å². The molecule has 0 aliphatic carbocycles. The Morgan fingerprint density at radius 3 is 2.71 bits per heavy atom. The van der Waals surface area contributed by atoms with Crippen LogP contribution >= 0.6 is 0 Å². The van der Waals surface area contributed by atoms with Crippen LogP contribution in [0.4, 0.5) is 5.82 Å². The minimum Gasteiger partial charge on any atom is -0.493 e. The second kappa shape index (κ2) is 8.47. The normalized spacial score (nSPS) is 11.1. The summed E-state index contributed by atoms with van der Waals surface area (Å²) >= 11 is 0. The van der Waals surface area contributed by atoms with Crippen LogP contribution in [0.15, 0.2) is 48.9 Å². The molecule has 0 bridgehead atoms. The Bertz CT molecular complexity index is 1230. The smallest absolute Gasteiger partial charge is 0.258 e. The van der Waals surface area contributed by atoms with E-state index in [1.807, 2.05) is 36.7 Å². The Hall–Kier alpha value is -3.88. The zero-order valence-electron chi connectivity index (χ0n) is 17.9. The van der Waals surface area contributed by atoms with Gasteiger partial charge in [0, 0.05) is 29.3 Å². The topological polar surface area (TPSA) is 96.1 Å². The van der Waals surface area contributed by atoms with Gasteiger partial charge in [0.2, 0.25) is 0 Å². The van der Waals surface area contributed by atoms with Gasteiger partial charge in [0.05, 0.1) is 38.7 Å². The quantitative estimate of drug-likeness (QED) is 0.491. The van der Waals surface area contributed by atoms with Gasteiger partial charge in [-0.15, -0.1) is 0 Å². The SMILES string of the molecule is COc1cccc(Cn2nccc2NC(=O)c2cnc3c(cnn3C(C)C)c2)c1OC. The molecule has 0 unspecified atom stereocenters. The maximum Gasteiger partial charge on any atom is 0.258 e. The summed E-state index contributed by atoms with van der Waals surface area (Å²) in [5.74, 6) is 1.56. The Balaban J connectivity index is 1.56. The lowest BCUT2D eigenvalue weighted by Crippen LogP contribution is -2.16. The van der Waals surface area contributed by atoms with E-state index in [2.05, 4.69) is 20.5 Å². The molecule has 1 aromatic carbocycles. The van der Waals surface area contributed by atoms with Gasteiger partial charge in [-0.3, -0.25) is 4.79 Å². The molecule has 0 radical (unpaired) electrons. The molecule has 4 rings (SSSR count). The number of carbonyl (C=O) groups excluding carboxylic acids is 1. The van der Waals surface area contributed by atoms with E-state index >= 15 is 0 Å². The van der Waals surface area contributed by atoms with E-state index in [9.17, 15) is 4.79 Å². The lowest BCUT2D eigenvalue weighted by molar-refractivity contribution is 0.102. The summed E-state index contributed by atoms with van der Waals surface area (Å²) in [5, 5.41) is 12.4. The molecule has 9 nitrogen and oxygen atoms in total. The first-order valence-electron chi connectivity index (χ1n) is 9.88. The van der Waals surface area contributed by atoms with Gasteiger partial charge in [-0.05, 0) is 26.0 Å². The van der Waals surface area contributed by atoms with Crippen molar-refractivity contribution in [2.75, 3.05) is 19.5 Å². The monoisotopic (exact) mass is 420 g/mol. The number of amides is 1. The first kappa shape index (κ1) is 20.4. The summed E-state index contributed by atoms with van der Waals surface area (Å²) in [6.07, 6.45) is 4.92. The number of aromatic nitrogens is 5. The number of carbonyl (C=O) groups is 1. The van der Waals surface area contributed by atoms with Gasteiger partial charge in [0.25, 0.3) is 5.91 Å². The van der Waals surface area contributed by atoms with E-state index in [1.165, 1.54) is 0 Å². The maximum atomic E-state index is 12.9. The van der Waals surface area contributed by atoms with Crippen molar-refractivity contribution in [1.29, 1.82) is 0 Å². The molecule has 0 spiro atoms. The van der Waals surface area contributed by atoms with Crippen LogP contribution in [-0.4, -0.2) is 44.7 Å². The molecular weight excluding hydrogens is 396 g/mol. The minimum atomic E-state index is -0.272. The third-order valence-electron chi connectivity index (χ3n) is 4.95. The van der Waals surface area contributed by atoms with Gasteiger partial charge in [-0.1, -0.05) is 12.1 Å². The third kappa shape index (κ3) is 3.94. The van der Waals surface area contributed by atoms with Crippen LogP contribution < -0.4 is 14.8 Å². The highest BCUT2D eigenvalue weighted by molar-refractivity contribution is 6.05. The molecule has 0 aliphatic rings. The van der Waals surface area contributed by atoms with Crippen LogP contribution in [0.25, 0.3) is 11.0 Å². The van der Waals surface area contributed by atoms with Gasteiger partial charge < -0.3 is 14.8 Å². The zero-order chi connectivity index (χ0) is 22.0. The third-order valence-corrected chi connectivity index (χ3v) is 4.95. The molecule has 160 valence electrons. The molecule has 0 aliphatic heterocycles. The number of para-hydroxylation sites is 1. The summed E-state index contributed by atoms with van der Waals surface area (Å²) in [6, 6.07) is 9.37. The van der Waals surface area contributed by atoms with Gasteiger partial charge in [0.15, 0.2) is 17.1 Å². The van der Waals surface area contributed by atoms with Gasteiger partial charge in [0.1, 0.15) is 5.82 Å². The van der Waals surface area contributed by atoms with Gasteiger partial charge in [-0.2, -0.15) is 10.2 Å². The number of hydrogen-bond donors (Lipinski definition) is 1. The second-order valence-electron chi connectivity index (χ2n) is 7.30. The fraction of sp³-hybridized carbons (Fsp3) is 0.273. The number of rotatable bonds is 7. The summed E-state index contributed by atoms with van der Waals surface area (Å²) in [7, 11) is 3.19. The largest absolute Gasteiger partial charge is 0.493 e. The molecule has 9 heteroatoms. The molecule has 1 amide bonds. The Morgan fingerprint density at radius 2 is 1.97 bits per heavy atom. The fourth-order valence-electron chi connectivity index (χ4n) is 3.44. The number of methoxy groups -OCH3 is 2. The molecule has 31 heavy (non-hydrogen) atoms. The number of nitrogens with one attached hydrogen (secondary N) is 1. The second-order valence-corrected chi connectivity index (χ2v) is 7.30. The highest BCUT2D eigenvalue weighted by Crippen LogP contribution is 2.31. The van der Waals surface area contributed by atoms with E-state index in [-0.39, 0.29) is 11.9 Å². The van der Waals surface area contributed by atoms with E-state index in [0.29, 0.717) is 29.4 Å². The standard InChI is InChI=1S/C22H24N6O3/c1-14(2)28-21-16(12-25-28)10-17(11-23-21)22(29)26-19-8-9-24-27(19)13-15-6-5-7-18(30-3)20(15)31-4/h5-12,14H,13H2,1-4H3,(H,26,29). The Morgan fingerprint density at radius 1 is 1.13 bits per heavy atom. The minimum absolute atomic E-state index is 0.188. The fourth-order valence-corrected chi connectivity index (χ4v) is 3.44. The maximum absolute atomic E-state index is 12.9. The molecule has 1 N–H and O–H groups in total. The molecular formula is C22H24N6O3. The molecule has 0 saturated carbocycles. The summed E-state index contributed by atoms with van der Waals surface area (Å²) in [6.45, 7) is 4.47. The van der Waals surface area contributed by atoms with E-state index in [1.54, 1.807) is 49.6 Å². The van der Waals surface area contributed by atoms with Crippen LogP contribution in [0.3, 0.4) is 0 Å². The number of pyridine rings is 1. The Kier molecular flexibility index (Phi) is 5.57. The predicted molar refractivity (Wildman–Crippen MR) is 117 cm³/mol. The van der Waals surface area contributed by atoms with Crippen LogP contribution in [0.1, 0.15) is 35.8 Å². The molecule has 0 saturated heterocycles. The molecule has 0 atom stereocenters. The van der Waals surface area contributed by atoms with Crippen molar-refractivity contribution in [2.45, 2.75) is 26.4 Å². The summed E-state index contributed by atoms with van der Waals surface area (Å²) < 4.78 is 14.4. The number of nitrogens with zero attached hydrogens (tertiary/aromatic N) is 5. The van der Waals surface area contributed by atoms with Crippen LogP contribution in [-0.2, 0) is 6.54 Å². The van der Waals surface area contributed by atoms with Gasteiger partial charge in [-0.25, -0.2) is 14.3 Å². The van der Waals surface area contributed by atoms with Crippen LogP contribution in [0.2, 0.25) is 0 Å². The Labute approximate surface area is 179 Å². The van der Waals surface area contributed by atoms with Crippen molar-refractivity contribution in [3.8, 4) is 11.5 Å². The lowest BCUT2D eigenvalue weighted by Gasteiger charge is -2.14. The molecule has 0 fully saturated rings. The first-order chi connectivity index (χ1) is 15.0. The van der Waals surface area contributed by atoms with Crippen molar-refractivity contribution in [1.82, 2.24) is 24.5 Å². The van der Waals surface area contributed by atoms with Crippen molar-refractivity contribution in [2.24, 2.45) is 0 Å². The molecule has 3 aromatic heterocycles. The number of ether oxygens (including phenoxy) is 2. The first-order valence-corrected chi connectivity index (χ1v) is 9.88. The average Bonchev–Trinajstić information content (AvgIpc) is 3.39. The molecule has 4 aromatic rings. The predicted octanol–water partition coefficient (Wildman–Crippen LogP) is 3.53.